The maximum atomic E-state index is 10.8. The average Bonchev–Trinajstić information content (AvgIpc) is 3.16. The van der Waals surface area contributed by atoms with Gasteiger partial charge < -0.3 is 14.6 Å². The molecule has 0 saturated carbocycles. The number of rotatable bonds is 7. The van der Waals surface area contributed by atoms with E-state index >= 15 is 0 Å². The van der Waals surface area contributed by atoms with Gasteiger partial charge >= 0.3 is 29.6 Å². The second-order valence-corrected chi connectivity index (χ2v) is 8.14. The number of aliphatic carboxylic acids is 1. The monoisotopic (exact) mass is 448 g/mol. The van der Waals surface area contributed by atoms with Crippen LogP contribution in [0.1, 0.15) is 19.4 Å². The molecule has 2 heterocycles. The summed E-state index contributed by atoms with van der Waals surface area (Å²) < 4.78 is 7.34. The Morgan fingerprint density at radius 1 is 1.23 bits per heavy atom. The second-order valence-electron chi connectivity index (χ2n) is 7.74. The van der Waals surface area contributed by atoms with Crippen LogP contribution in [0, 0.1) is 5.92 Å². The van der Waals surface area contributed by atoms with Gasteiger partial charge in [-0.2, -0.15) is 0 Å². The zero-order valence-electron chi connectivity index (χ0n) is 17.8. The van der Waals surface area contributed by atoms with Crippen LogP contribution in [-0.4, -0.2) is 45.1 Å². The van der Waals surface area contributed by atoms with Gasteiger partial charge in [0.25, 0.3) is 0 Å². The SMILES string of the molecule is CC(C)Oc1ccc(-n2cc(-c3ccc(CN4CC(C(=O)[O-])C4)cc3)nn2)cc1Cl.[Na+]. The van der Waals surface area contributed by atoms with Gasteiger partial charge in [0.05, 0.1) is 23.0 Å². The maximum absolute atomic E-state index is 10.8. The van der Waals surface area contributed by atoms with Crippen molar-refractivity contribution in [1.29, 1.82) is 0 Å². The average molecular weight is 449 g/mol. The molecule has 2 aromatic carbocycles. The first kappa shape index (κ1) is 23.8. The van der Waals surface area contributed by atoms with E-state index in [-0.39, 0.29) is 41.6 Å². The summed E-state index contributed by atoms with van der Waals surface area (Å²) in [5.74, 6) is -0.675. The van der Waals surface area contributed by atoms with Crippen molar-refractivity contribution < 1.29 is 44.2 Å². The predicted octanol–water partition coefficient (Wildman–Crippen LogP) is -0.439. The molecule has 0 spiro atoms. The first-order valence-electron chi connectivity index (χ1n) is 9.80. The van der Waals surface area contributed by atoms with Gasteiger partial charge in [-0.25, -0.2) is 4.68 Å². The molecule has 1 aliphatic rings. The number of halogens is 1. The van der Waals surface area contributed by atoms with E-state index in [1.807, 2.05) is 56.4 Å². The summed E-state index contributed by atoms with van der Waals surface area (Å²) in [5.41, 5.74) is 3.62. The van der Waals surface area contributed by atoms with Gasteiger partial charge in [-0.3, -0.25) is 4.90 Å². The molecular weight excluding hydrogens is 427 g/mol. The zero-order valence-corrected chi connectivity index (χ0v) is 20.5. The van der Waals surface area contributed by atoms with Crippen LogP contribution in [0.3, 0.4) is 0 Å². The van der Waals surface area contributed by atoms with Gasteiger partial charge in [0.1, 0.15) is 11.4 Å². The number of ether oxygens (including phenoxy) is 1. The molecule has 4 rings (SSSR count). The van der Waals surface area contributed by atoms with E-state index in [4.69, 9.17) is 16.3 Å². The van der Waals surface area contributed by atoms with Crippen LogP contribution in [0.5, 0.6) is 5.75 Å². The van der Waals surface area contributed by atoms with Crippen LogP contribution in [0.15, 0.2) is 48.7 Å². The molecular formula is C22H22ClN4NaO3. The smallest absolute Gasteiger partial charge is 0.550 e. The second kappa shape index (κ2) is 10.1. The third-order valence-corrected chi connectivity index (χ3v) is 5.28. The quantitative estimate of drug-likeness (QED) is 0.456. The maximum Gasteiger partial charge on any atom is 1.00 e. The molecule has 3 aromatic rings. The van der Waals surface area contributed by atoms with Crippen LogP contribution in [0.25, 0.3) is 16.9 Å². The topological polar surface area (TPSA) is 83.3 Å². The number of carbonyl (C=O) groups is 1. The molecule has 0 atom stereocenters. The summed E-state index contributed by atoms with van der Waals surface area (Å²) in [6, 6.07) is 13.5. The van der Waals surface area contributed by atoms with E-state index in [0.29, 0.717) is 23.9 Å². The minimum absolute atomic E-state index is 0. The molecule has 1 aromatic heterocycles. The third-order valence-electron chi connectivity index (χ3n) is 4.98. The van der Waals surface area contributed by atoms with Crippen molar-refractivity contribution in [1.82, 2.24) is 19.9 Å². The molecule has 0 unspecified atom stereocenters. The van der Waals surface area contributed by atoms with E-state index in [0.717, 1.165) is 29.1 Å². The van der Waals surface area contributed by atoms with Crippen molar-refractivity contribution in [2.24, 2.45) is 5.92 Å². The minimum Gasteiger partial charge on any atom is -0.550 e. The Labute approximate surface area is 208 Å². The molecule has 31 heavy (non-hydrogen) atoms. The first-order valence-corrected chi connectivity index (χ1v) is 10.2. The number of carbonyl (C=O) groups excluding carboxylic acids is 1. The molecule has 0 amide bonds. The van der Waals surface area contributed by atoms with E-state index in [1.165, 1.54) is 0 Å². The van der Waals surface area contributed by atoms with Gasteiger partial charge in [0.15, 0.2) is 0 Å². The summed E-state index contributed by atoms with van der Waals surface area (Å²) in [4.78, 5) is 12.9. The van der Waals surface area contributed by atoms with E-state index in [2.05, 4.69) is 15.2 Å². The van der Waals surface area contributed by atoms with Crippen molar-refractivity contribution in [3.8, 4) is 22.7 Å². The van der Waals surface area contributed by atoms with Crippen molar-refractivity contribution in [3.05, 3.63) is 59.2 Å². The van der Waals surface area contributed by atoms with Gasteiger partial charge in [0.2, 0.25) is 0 Å². The molecule has 0 bridgehead atoms. The summed E-state index contributed by atoms with van der Waals surface area (Å²) in [6.07, 6.45) is 1.90. The standard InChI is InChI=1S/C22H23ClN4O3.Na/c1-14(2)30-21-8-7-18(9-19(21)23)27-13-20(24-25-27)16-5-3-15(4-6-16)10-26-11-17(12-26)22(28)29;/h3-9,13-14,17H,10-12H2,1-2H3,(H,28,29);/q;+1/p-1. The minimum atomic E-state index is -0.965. The Bertz CT molecular complexity index is 1050. The van der Waals surface area contributed by atoms with Gasteiger partial charge in [-0.1, -0.05) is 41.1 Å². The summed E-state index contributed by atoms with van der Waals surface area (Å²) in [5, 5.41) is 19.8. The number of hydrogen-bond acceptors (Lipinski definition) is 6. The Morgan fingerprint density at radius 3 is 2.55 bits per heavy atom. The number of carboxylic acids is 1. The summed E-state index contributed by atoms with van der Waals surface area (Å²) in [6.45, 7) is 5.71. The molecule has 0 aliphatic carbocycles. The first-order chi connectivity index (χ1) is 14.4. The molecule has 156 valence electrons. The molecule has 1 fully saturated rings. The van der Waals surface area contributed by atoms with Crippen molar-refractivity contribution in [2.45, 2.75) is 26.5 Å². The number of likely N-dealkylation sites (tertiary alicyclic amines) is 1. The van der Waals surface area contributed by atoms with E-state index < -0.39 is 5.97 Å². The predicted molar refractivity (Wildman–Crippen MR) is 111 cm³/mol. The van der Waals surface area contributed by atoms with Gasteiger partial charge in [-0.15, -0.1) is 5.10 Å². The third kappa shape index (κ3) is 5.67. The number of aromatic nitrogens is 3. The Hall–Kier alpha value is -1.90. The van der Waals surface area contributed by atoms with Crippen molar-refractivity contribution >= 4 is 17.6 Å². The van der Waals surface area contributed by atoms with Crippen LogP contribution in [-0.2, 0) is 11.3 Å². The van der Waals surface area contributed by atoms with Crippen LogP contribution < -0.4 is 39.4 Å². The molecule has 0 N–H and O–H groups in total. The number of benzene rings is 2. The Balaban J connectivity index is 0.00000272. The van der Waals surface area contributed by atoms with Crippen LogP contribution in [0.2, 0.25) is 5.02 Å². The molecule has 1 aliphatic heterocycles. The largest absolute Gasteiger partial charge is 1.00 e. The van der Waals surface area contributed by atoms with Gasteiger partial charge in [-0.05, 0) is 37.6 Å². The summed E-state index contributed by atoms with van der Waals surface area (Å²) in [7, 11) is 0. The molecule has 7 nitrogen and oxygen atoms in total. The molecule has 9 heteroatoms. The molecule has 0 radical (unpaired) electrons. The fourth-order valence-electron chi connectivity index (χ4n) is 3.39. The Kier molecular flexibility index (Phi) is 7.78. The fraction of sp³-hybridized carbons (Fsp3) is 0.318. The fourth-order valence-corrected chi connectivity index (χ4v) is 3.61. The molecule has 1 saturated heterocycles. The normalized spacial score (nSPS) is 14.2. The van der Waals surface area contributed by atoms with E-state index in [1.54, 1.807) is 10.7 Å². The zero-order chi connectivity index (χ0) is 21.3. The van der Waals surface area contributed by atoms with Gasteiger partial charge in [0, 0.05) is 37.1 Å². The van der Waals surface area contributed by atoms with Crippen molar-refractivity contribution in [3.63, 3.8) is 0 Å². The van der Waals surface area contributed by atoms with Crippen LogP contribution in [0.4, 0.5) is 0 Å². The number of carboxylic acid groups (broad SMARTS) is 1. The Morgan fingerprint density at radius 2 is 1.94 bits per heavy atom. The van der Waals surface area contributed by atoms with Crippen molar-refractivity contribution in [2.75, 3.05) is 13.1 Å². The van der Waals surface area contributed by atoms with Crippen LogP contribution >= 0.6 is 11.6 Å². The van der Waals surface area contributed by atoms with E-state index in [9.17, 15) is 9.90 Å². The number of nitrogens with zero attached hydrogens (tertiary/aromatic N) is 4. The number of hydrogen-bond donors (Lipinski definition) is 0. The summed E-state index contributed by atoms with van der Waals surface area (Å²) >= 11 is 6.32.